The van der Waals surface area contributed by atoms with Crippen LogP contribution >= 0.6 is 11.6 Å². The Bertz CT molecular complexity index is 811. The molecular formula is C17H18ClN3O5. The summed E-state index contributed by atoms with van der Waals surface area (Å²) in [5.74, 6) is 0.603. The fourth-order valence-electron chi connectivity index (χ4n) is 2.19. The number of ether oxygens (including phenoxy) is 2. The normalized spacial score (nSPS) is 11.4. The third-order valence-electron chi connectivity index (χ3n) is 3.58. The lowest BCUT2D eigenvalue weighted by molar-refractivity contribution is -0.384. The summed E-state index contributed by atoms with van der Waals surface area (Å²) in [5.41, 5.74) is 0.936. The number of amides is 1. The lowest BCUT2D eigenvalue weighted by atomic mass is 10.2. The molecule has 0 aromatic heterocycles. The number of hydrogen-bond donors (Lipinski definition) is 2. The maximum absolute atomic E-state index is 12.3. The number of non-ortho nitro benzene ring substituents is 1. The molecule has 0 bridgehead atoms. The number of benzene rings is 2. The minimum atomic E-state index is -0.622. The first-order valence-electron chi connectivity index (χ1n) is 7.59. The molecule has 0 unspecified atom stereocenters. The van der Waals surface area contributed by atoms with Crippen molar-refractivity contribution in [3.63, 3.8) is 0 Å². The summed E-state index contributed by atoms with van der Waals surface area (Å²) in [6, 6.07) is 8.17. The van der Waals surface area contributed by atoms with Gasteiger partial charge in [0.2, 0.25) is 5.91 Å². The Labute approximate surface area is 155 Å². The zero-order valence-electron chi connectivity index (χ0n) is 14.4. The number of methoxy groups -OCH3 is 2. The van der Waals surface area contributed by atoms with Gasteiger partial charge in [0.15, 0.2) is 0 Å². The molecule has 0 aliphatic rings. The van der Waals surface area contributed by atoms with Gasteiger partial charge in [-0.25, -0.2) is 0 Å². The molecule has 9 heteroatoms. The van der Waals surface area contributed by atoms with Crippen molar-refractivity contribution in [2.24, 2.45) is 0 Å². The van der Waals surface area contributed by atoms with Crippen LogP contribution in [0.1, 0.15) is 6.92 Å². The highest BCUT2D eigenvalue weighted by molar-refractivity contribution is 6.32. The monoisotopic (exact) mass is 379 g/mol. The van der Waals surface area contributed by atoms with Crippen molar-refractivity contribution >= 4 is 34.6 Å². The van der Waals surface area contributed by atoms with E-state index in [0.29, 0.717) is 27.9 Å². The van der Waals surface area contributed by atoms with Crippen LogP contribution in [0.15, 0.2) is 36.4 Å². The third-order valence-corrected chi connectivity index (χ3v) is 3.88. The molecule has 0 aliphatic heterocycles. The van der Waals surface area contributed by atoms with E-state index >= 15 is 0 Å². The van der Waals surface area contributed by atoms with Gasteiger partial charge in [0.05, 0.1) is 29.9 Å². The molecule has 1 atom stereocenters. The van der Waals surface area contributed by atoms with Gasteiger partial charge in [0.25, 0.3) is 5.69 Å². The predicted octanol–water partition coefficient (Wildman–Crippen LogP) is 3.70. The fourth-order valence-corrected chi connectivity index (χ4v) is 2.43. The van der Waals surface area contributed by atoms with Crippen molar-refractivity contribution in [2.75, 3.05) is 24.9 Å². The molecule has 1 amide bonds. The SMILES string of the molecule is COc1cc(OC)c(N[C@H](C)C(=O)Nc2ccc([N+](=O)[O-])cc2)cc1Cl. The molecule has 8 nitrogen and oxygen atoms in total. The Morgan fingerprint density at radius 2 is 1.77 bits per heavy atom. The lowest BCUT2D eigenvalue weighted by Crippen LogP contribution is -2.32. The first-order chi connectivity index (χ1) is 12.3. The average molecular weight is 380 g/mol. The Hall–Kier alpha value is -3.00. The molecule has 26 heavy (non-hydrogen) atoms. The zero-order valence-corrected chi connectivity index (χ0v) is 15.2. The molecule has 138 valence electrons. The molecule has 2 aromatic rings. The number of anilines is 2. The second-order valence-electron chi connectivity index (χ2n) is 5.35. The summed E-state index contributed by atoms with van der Waals surface area (Å²) < 4.78 is 10.4. The van der Waals surface area contributed by atoms with Crippen LogP contribution in [0.5, 0.6) is 11.5 Å². The van der Waals surface area contributed by atoms with Gasteiger partial charge < -0.3 is 20.1 Å². The maximum Gasteiger partial charge on any atom is 0.269 e. The Balaban J connectivity index is 2.09. The van der Waals surface area contributed by atoms with E-state index in [1.54, 1.807) is 19.1 Å². The van der Waals surface area contributed by atoms with E-state index in [9.17, 15) is 14.9 Å². The molecule has 2 aromatic carbocycles. The van der Waals surface area contributed by atoms with Crippen LogP contribution in [0.25, 0.3) is 0 Å². The Morgan fingerprint density at radius 3 is 2.31 bits per heavy atom. The number of rotatable bonds is 7. The molecule has 0 fully saturated rings. The van der Waals surface area contributed by atoms with E-state index in [4.69, 9.17) is 21.1 Å². The molecule has 0 heterocycles. The van der Waals surface area contributed by atoms with Gasteiger partial charge in [-0.1, -0.05) is 11.6 Å². The second-order valence-corrected chi connectivity index (χ2v) is 5.75. The molecule has 0 aliphatic carbocycles. The molecule has 0 spiro atoms. The summed E-state index contributed by atoms with van der Waals surface area (Å²) >= 11 is 6.12. The van der Waals surface area contributed by atoms with E-state index in [-0.39, 0.29) is 11.6 Å². The van der Waals surface area contributed by atoms with Crippen molar-refractivity contribution in [3.05, 3.63) is 51.5 Å². The minimum Gasteiger partial charge on any atom is -0.495 e. The van der Waals surface area contributed by atoms with E-state index in [1.807, 2.05) is 0 Å². The van der Waals surface area contributed by atoms with Gasteiger partial charge in [-0.15, -0.1) is 0 Å². The number of carbonyl (C=O) groups is 1. The number of nitrogens with one attached hydrogen (secondary N) is 2. The van der Waals surface area contributed by atoms with Crippen LogP contribution in [0, 0.1) is 10.1 Å². The van der Waals surface area contributed by atoms with Gasteiger partial charge >= 0.3 is 0 Å². The van der Waals surface area contributed by atoms with Crippen LogP contribution in [0.4, 0.5) is 17.1 Å². The molecule has 0 radical (unpaired) electrons. The molecule has 0 saturated carbocycles. The van der Waals surface area contributed by atoms with Crippen LogP contribution in [-0.2, 0) is 4.79 Å². The zero-order chi connectivity index (χ0) is 19.3. The fraction of sp³-hybridized carbons (Fsp3) is 0.235. The van der Waals surface area contributed by atoms with E-state index < -0.39 is 11.0 Å². The minimum absolute atomic E-state index is 0.0493. The topological polar surface area (TPSA) is 103 Å². The Kier molecular flexibility index (Phi) is 6.24. The highest BCUT2D eigenvalue weighted by atomic mass is 35.5. The van der Waals surface area contributed by atoms with E-state index in [2.05, 4.69) is 10.6 Å². The van der Waals surface area contributed by atoms with E-state index in [1.165, 1.54) is 38.5 Å². The number of halogens is 1. The molecular weight excluding hydrogens is 362 g/mol. The van der Waals surface area contributed by atoms with Crippen molar-refractivity contribution in [1.29, 1.82) is 0 Å². The van der Waals surface area contributed by atoms with Crippen molar-refractivity contribution in [2.45, 2.75) is 13.0 Å². The van der Waals surface area contributed by atoms with Gasteiger partial charge in [-0.05, 0) is 25.1 Å². The largest absolute Gasteiger partial charge is 0.495 e. The van der Waals surface area contributed by atoms with Gasteiger partial charge in [-0.2, -0.15) is 0 Å². The summed E-state index contributed by atoms with van der Waals surface area (Å²) in [4.78, 5) is 22.5. The number of nitrogens with zero attached hydrogens (tertiary/aromatic N) is 1. The number of nitro benzene ring substituents is 1. The average Bonchev–Trinajstić information content (AvgIpc) is 2.62. The summed E-state index contributed by atoms with van der Waals surface area (Å²) in [6.07, 6.45) is 0. The maximum atomic E-state index is 12.3. The number of nitro groups is 1. The standard InChI is InChI=1S/C17H18ClN3O5/c1-10(17(22)20-11-4-6-12(7-5-11)21(23)24)19-14-8-13(18)15(25-2)9-16(14)26-3/h4-10,19H,1-3H3,(H,20,22)/t10-/m1/s1. The highest BCUT2D eigenvalue weighted by Gasteiger charge is 2.17. The van der Waals surface area contributed by atoms with Gasteiger partial charge in [0, 0.05) is 23.9 Å². The predicted molar refractivity (Wildman–Crippen MR) is 99.4 cm³/mol. The second kappa shape index (κ2) is 8.39. The first kappa shape index (κ1) is 19.3. The number of hydrogen-bond acceptors (Lipinski definition) is 6. The first-order valence-corrected chi connectivity index (χ1v) is 7.97. The molecule has 2 N–H and O–H groups in total. The van der Waals surface area contributed by atoms with Crippen LogP contribution in [-0.4, -0.2) is 31.1 Å². The number of carbonyl (C=O) groups excluding carboxylic acids is 1. The van der Waals surface area contributed by atoms with Crippen LogP contribution in [0.3, 0.4) is 0 Å². The smallest absolute Gasteiger partial charge is 0.269 e. The molecule has 2 rings (SSSR count). The quantitative estimate of drug-likeness (QED) is 0.561. The summed E-state index contributed by atoms with van der Waals surface area (Å²) in [5, 5.41) is 16.7. The van der Waals surface area contributed by atoms with Crippen molar-refractivity contribution < 1.29 is 19.2 Å². The Morgan fingerprint density at radius 1 is 1.15 bits per heavy atom. The van der Waals surface area contributed by atoms with Crippen LogP contribution in [0.2, 0.25) is 5.02 Å². The molecule has 0 saturated heterocycles. The summed E-state index contributed by atoms with van der Waals surface area (Å²) in [6.45, 7) is 1.66. The van der Waals surface area contributed by atoms with Crippen molar-refractivity contribution in [3.8, 4) is 11.5 Å². The van der Waals surface area contributed by atoms with Gasteiger partial charge in [-0.3, -0.25) is 14.9 Å². The third kappa shape index (κ3) is 4.54. The van der Waals surface area contributed by atoms with Crippen LogP contribution < -0.4 is 20.1 Å². The van der Waals surface area contributed by atoms with Gasteiger partial charge in [0.1, 0.15) is 17.5 Å². The lowest BCUT2D eigenvalue weighted by Gasteiger charge is -2.18. The summed E-state index contributed by atoms with van der Waals surface area (Å²) in [7, 11) is 2.99. The van der Waals surface area contributed by atoms with E-state index in [0.717, 1.165) is 0 Å². The highest BCUT2D eigenvalue weighted by Crippen LogP contribution is 2.36. The van der Waals surface area contributed by atoms with Crippen molar-refractivity contribution in [1.82, 2.24) is 0 Å².